The zero-order chi connectivity index (χ0) is 19.6. The van der Waals surface area contributed by atoms with Gasteiger partial charge >= 0.3 is 0 Å². The third-order valence-corrected chi connectivity index (χ3v) is 5.72. The smallest absolute Gasteiger partial charge is 0.231 e. The third-order valence-electron chi connectivity index (χ3n) is 5.72. The first-order chi connectivity index (χ1) is 14.3. The van der Waals surface area contributed by atoms with E-state index in [0.717, 1.165) is 67.8 Å². The highest BCUT2D eigenvalue weighted by Crippen LogP contribution is 2.33. The lowest BCUT2D eigenvalue weighted by atomic mass is 10.1. The van der Waals surface area contributed by atoms with Gasteiger partial charge in [-0.2, -0.15) is 0 Å². The molecule has 2 aromatic carbocycles. The Morgan fingerprint density at radius 3 is 2.41 bits per heavy atom. The fourth-order valence-electron chi connectivity index (χ4n) is 4.11. The second kappa shape index (κ2) is 7.97. The monoisotopic (exact) mass is 394 g/mol. The Morgan fingerprint density at radius 1 is 0.828 bits per heavy atom. The van der Waals surface area contributed by atoms with E-state index in [4.69, 9.17) is 18.9 Å². The van der Waals surface area contributed by atoms with Gasteiger partial charge in [0, 0.05) is 44.8 Å². The van der Waals surface area contributed by atoms with Gasteiger partial charge in [-0.25, -0.2) is 0 Å². The molecule has 0 bridgehead atoms. The summed E-state index contributed by atoms with van der Waals surface area (Å²) in [6.45, 7) is 7.14. The normalized spacial score (nSPS) is 18.7. The van der Waals surface area contributed by atoms with Crippen LogP contribution in [0.4, 0.5) is 0 Å². The number of hydrogen-bond acceptors (Lipinski definition) is 6. The molecule has 1 saturated heterocycles. The molecule has 3 heterocycles. The van der Waals surface area contributed by atoms with Crippen molar-refractivity contribution < 1.29 is 18.9 Å². The summed E-state index contributed by atoms with van der Waals surface area (Å²) in [5.41, 5.74) is 3.69. The lowest BCUT2D eigenvalue weighted by molar-refractivity contribution is 0.132. The number of hydrogen-bond donors (Lipinski definition) is 0. The van der Waals surface area contributed by atoms with Crippen LogP contribution in [0.25, 0.3) is 6.08 Å². The lowest BCUT2D eigenvalue weighted by Crippen LogP contribution is -2.46. The molecule has 152 valence electrons. The number of ether oxygens (including phenoxy) is 4. The van der Waals surface area contributed by atoms with Crippen LogP contribution < -0.4 is 18.9 Å². The molecule has 0 amide bonds. The molecule has 29 heavy (non-hydrogen) atoms. The van der Waals surface area contributed by atoms with E-state index in [1.165, 1.54) is 11.1 Å². The fourth-order valence-corrected chi connectivity index (χ4v) is 4.11. The Balaban J connectivity index is 1.16. The zero-order valence-corrected chi connectivity index (χ0v) is 16.7. The molecule has 2 aromatic rings. The largest absolute Gasteiger partial charge is 0.497 e. The van der Waals surface area contributed by atoms with E-state index < -0.39 is 0 Å². The SMILES string of the molecule is COc1ccc2c(c1)C=C(CN1CCN(Cc3ccc4c(c3)OCO4)CC1)CO2. The summed E-state index contributed by atoms with van der Waals surface area (Å²) >= 11 is 0. The minimum absolute atomic E-state index is 0.328. The van der Waals surface area contributed by atoms with Crippen molar-refractivity contribution in [3.05, 3.63) is 53.1 Å². The van der Waals surface area contributed by atoms with E-state index in [9.17, 15) is 0 Å². The minimum Gasteiger partial charge on any atom is -0.497 e. The van der Waals surface area contributed by atoms with Gasteiger partial charge in [0.05, 0.1) is 7.11 Å². The summed E-state index contributed by atoms with van der Waals surface area (Å²) in [6, 6.07) is 12.2. The first-order valence-electron chi connectivity index (χ1n) is 10.1. The van der Waals surface area contributed by atoms with Gasteiger partial charge < -0.3 is 18.9 Å². The quantitative estimate of drug-likeness (QED) is 0.777. The summed E-state index contributed by atoms with van der Waals surface area (Å²) in [6.07, 6.45) is 2.25. The van der Waals surface area contributed by atoms with Gasteiger partial charge in [0.25, 0.3) is 0 Å². The summed E-state index contributed by atoms with van der Waals surface area (Å²) < 4.78 is 22.2. The molecule has 0 N–H and O–H groups in total. The molecule has 0 spiro atoms. The van der Waals surface area contributed by atoms with Crippen LogP contribution >= 0.6 is 0 Å². The molecular formula is C23H26N2O4. The Labute approximate surface area is 171 Å². The standard InChI is InChI=1S/C23H26N2O4/c1-26-20-3-5-21-19(12-20)10-18(15-27-21)14-25-8-6-24(7-9-25)13-17-2-4-22-23(11-17)29-16-28-22/h2-5,10-12H,6-9,13-16H2,1H3. The van der Waals surface area contributed by atoms with Crippen LogP contribution in [0.5, 0.6) is 23.0 Å². The number of rotatable bonds is 5. The molecule has 3 aliphatic heterocycles. The second-order valence-electron chi connectivity index (χ2n) is 7.73. The summed E-state index contributed by atoms with van der Waals surface area (Å²) in [4.78, 5) is 5.01. The molecule has 6 heteroatoms. The zero-order valence-electron chi connectivity index (χ0n) is 16.7. The molecule has 0 aliphatic carbocycles. The van der Waals surface area contributed by atoms with Crippen LogP contribution in [0.15, 0.2) is 42.0 Å². The van der Waals surface area contributed by atoms with Crippen molar-refractivity contribution in [1.29, 1.82) is 0 Å². The highest BCUT2D eigenvalue weighted by molar-refractivity contribution is 5.64. The van der Waals surface area contributed by atoms with Gasteiger partial charge in [-0.05, 0) is 47.5 Å². The maximum atomic E-state index is 5.93. The molecule has 0 radical (unpaired) electrons. The van der Waals surface area contributed by atoms with E-state index >= 15 is 0 Å². The topological polar surface area (TPSA) is 43.4 Å². The van der Waals surface area contributed by atoms with Gasteiger partial charge in [0.1, 0.15) is 18.1 Å². The molecule has 5 rings (SSSR count). The first-order valence-corrected chi connectivity index (χ1v) is 10.1. The third kappa shape index (κ3) is 4.04. The summed E-state index contributed by atoms with van der Waals surface area (Å²) in [5.74, 6) is 3.51. The predicted molar refractivity (Wildman–Crippen MR) is 111 cm³/mol. The van der Waals surface area contributed by atoms with Crippen molar-refractivity contribution in [2.45, 2.75) is 6.54 Å². The number of fused-ring (bicyclic) bond motifs is 2. The van der Waals surface area contributed by atoms with E-state index in [2.05, 4.69) is 28.0 Å². The van der Waals surface area contributed by atoms with E-state index in [1.54, 1.807) is 7.11 Å². The van der Waals surface area contributed by atoms with E-state index in [-0.39, 0.29) is 0 Å². The van der Waals surface area contributed by atoms with Crippen LogP contribution in [-0.4, -0.2) is 63.0 Å². The molecule has 0 unspecified atom stereocenters. The summed E-state index contributed by atoms with van der Waals surface area (Å²) in [5, 5.41) is 0. The van der Waals surface area contributed by atoms with Gasteiger partial charge in [-0.3, -0.25) is 9.80 Å². The van der Waals surface area contributed by atoms with Crippen LogP contribution in [-0.2, 0) is 6.54 Å². The Morgan fingerprint density at radius 2 is 1.59 bits per heavy atom. The number of benzene rings is 2. The van der Waals surface area contributed by atoms with E-state index in [1.807, 2.05) is 24.3 Å². The van der Waals surface area contributed by atoms with Gasteiger partial charge in [-0.15, -0.1) is 0 Å². The Kier molecular flexibility index (Phi) is 5.04. The summed E-state index contributed by atoms with van der Waals surface area (Å²) in [7, 11) is 1.69. The highest BCUT2D eigenvalue weighted by Gasteiger charge is 2.21. The highest BCUT2D eigenvalue weighted by atomic mass is 16.7. The Bertz CT molecular complexity index is 919. The molecule has 0 atom stereocenters. The van der Waals surface area contributed by atoms with Crippen LogP contribution in [0, 0.1) is 0 Å². The van der Waals surface area contributed by atoms with Crippen LogP contribution in [0.1, 0.15) is 11.1 Å². The van der Waals surface area contributed by atoms with Gasteiger partial charge in [-0.1, -0.05) is 6.07 Å². The predicted octanol–water partition coefficient (Wildman–Crippen LogP) is 3.02. The first kappa shape index (κ1) is 18.3. The van der Waals surface area contributed by atoms with Crippen molar-refractivity contribution >= 4 is 6.08 Å². The van der Waals surface area contributed by atoms with Crippen LogP contribution in [0.2, 0.25) is 0 Å². The van der Waals surface area contributed by atoms with Crippen molar-refractivity contribution in [2.75, 3.05) is 53.2 Å². The second-order valence-corrected chi connectivity index (χ2v) is 7.73. The van der Waals surface area contributed by atoms with E-state index in [0.29, 0.717) is 13.4 Å². The number of methoxy groups -OCH3 is 1. The minimum atomic E-state index is 0.328. The molecule has 0 aromatic heterocycles. The Hall–Kier alpha value is -2.70. The van der Waals surface area contributed by atoms with Crippen molar-refractivity contribution in [3.8, 4) is 23.0 Å². The molecule has 0 saturated carbocycles. The van der Waals surface area contributed by atoms with Gasteiger partial charge in [0.2, 0.25) is 6.79 Å². The molecule has 6 nitrogen and oxygen atoms in total. The molecule has 3 aliphatic rings. The lowest BCUT2D eigenvalue weighted by Gasteiger charge is -2.35. The maximum Gasteiger partial charge on any atom is 0.231 e. The van der Waals surface area contributed by atoms with Gasteiger partial charge in [0.15, 0.2) is 11.5 Å². The molecule has 1 fully saturated rings. The number of nitrogens with zero attached hydrogens (tertiary/aromatic N) is 2. The average Bonchev–Trinajstić information content (AvgIpc) is 3.22. The van der Waals surface area contributed by atoms with Crippen molar-refractivity contribution in [1.82, 2.24) is 9.80 Å². The fraction of sp³-hybridized carbons (Fsp3) is 0.391. The van der Waals surface area contributed by atoms with Crippen molar-refractivity contribution in [2.24, 2.45) is 0 Å². The van der Waals surface area contributed by atoms with Crippen LogP contribution in [0.3, 0.4) is 0 Å². The maximum absolute atomic E-state index is 5.93. The van der Waals surface area contributed by atoms with Crippen molar-refractivity contribution in [3.63, 3.8) is 0 Å². The average molecular weight is 394 g/mol. The molecular weight excluding hydrogens is 368 g/mol. The number of piperazine rings is 1.